The highest BCUT2D eigenvalue weighted by Gasteiger charge is 2.19. The molecule has 3 aromatic rings. The molecule has 1 unspecified atom stereocenters. The molecule has 152 valence electrons. The monoisotopic (exact) mass is 429 g/mol. The number of aromatic nitrogens is 3. The van der Waals surface area contributed by atoms with E-state index in [1.54, 1.807) is 4.57 Å². The van der Waals surface area contributed by atoms with Gasteiger partial charge in [0.05, 0.1) is 6.04 Å². The molecule has 0 aliphatic carbocycles. The zero-order valence-corrected chi connectivity index (χ0v) is 18.2. The van der Waals surface area contributed by atoms with Crippen molar-refractivity contribution >= 4 is 29.7 Å². The minimum absolute atomic E-state index is 0.0405. The van der Waals surface area contributed by atoms with E-state index >= 15 is 0 Å². The van der Waals surface area contributed by atoms with Crippen molar-refractivity contribution in [3.05, 3.63) is 69.5 Å². The lowest BCUT2D eigenvalue weighted by Gasteiger charge is -2.26. The number of H-pyrrole nitrogens is 1. The number of likely N-dealkylation sites (N-methyl/N-ethyl adjacent to an activating group) is 1. The van der Waals surface area contributed by atoms with E-state index in [9.17, 15) is 4.79 Å². The van der Waals surface area contributed by atoms with Crippen LogP contribution < -0.4 is 5.32 Å². The molecular formula is C21H24ClN5OS. The fraction of sp³-hybridized carbons (Fsp3) is 0.286. The fourth-order valence-corrected chi connectivity index (χ4v) is 3.65. The van der Waals surface area contributed by atoms with Crippen LogP contribution in [0.1, 0.15) is 17.2 Å². The average molecular weight is 430 g/mol. The first-order valence-electron chi connectivity index (χ1n) is 9.26. The number of carbonyl (C=O) groups excluding carboxylic acids is 1. The van der Waals surface area contributed by atoms with E-state index in [0.717, 1.165) is 16.7 Å². The zero-order chi connectivity index (χ0) is 21.0. The lowest BCUT2D eigenvalue weighted by atomic mass is 10.1. The van der Waals surface area contributed by atoms with Crippen molar-refractivity contribution in [1.29, 1.82) is 0 Å². The topological polar surface area (TPSA) is 66.0 Å². The molecule has 2 aromatic carbocycles. The van der Waals surface area contributed by atoms with Crippen LogP contribution in [0.5, 0.6) is 0 Å². The van der Waals surface area contributed by atoms with Crippen molar-refractivity contribution in [2.24, 2.45) is 0 Å². The number of aryl methyl sites for hydroxylation is 1. The summed E-state index contributed by atoms with van der Waals surface area (Å²) in [7, 11) is 3.92. The molecule has 2 N–H and O–H groups in total. The van der Waals surface area contributed by atoms with E-state index in [1.165, 1.54) is 0 Å². The summed E-state index contributed by atoms with van der Waals surface area (Å²) in [6, 6.07) is 15.6. The molecule has 8 heteroatoms. The summed E-state index contributed by atoms with van der Waals surface area (Å²) < 4.78 is 2.12. The van der Waals surface area contributed by atoms with Crippen LogP contribution in [0.4, 0.5) is 0 Å². The van der Waals surface area contributed by atoms with Gasteiger partial charge in [0, 0.05) is 17.1 Å². The molecule has 0 aliphatic heterocycles. The van der Waals surface area contributed by atoms with Crippen molar-refractivity contribution in [1.82, 2.24) is 25.0 Å². The Kier molecular flexibility index (Phi) is 6.84. The summed E-state index contributed by atoms with van der Waals surface area (Å²) >= 11 is 11.7. The normalized spacial score (nSPS) is 12.2. The minimum atomic E-state index is -0.143. The van der Waals surface area contributed by atoms with E-state index in [-0.39, 0.29) is 18.5 Å². The summed E-state index contributed by atoms with van der Waals surface area (Å²) in [5, 5.41) is 10.8. The van der Waals surface area contributed by atoms with Crippen LogP contribution in [0, 0.1) is 11.7 Å². The first-order chi connectivity index (χ1) is 13.9. The van der Waals surface area contributed by atoms with Crippen LogP contribution in [0.15, 0.2) is 48.5 Å². The molecule has 0 aliphatic rings. The molecule has 29 heavy (non-hydrogen) atoms. The third kappa shape index (κ3) is 5.12. The van der Waals surface area contributed by atoms with Crippen molar-refractivity contribution in [3.8, 4) is 11.4 Å². The minimum Gasteiger partial charge on any atom is -0.353 e. The number of aromatic amines is 1. The Morgan fingerprint density at radius 1 is 1.28 bits per heavy atom. The number of halogens is 1. The van der Waals surface area contributed by atoms with Gasteiger partial charge in [0.15, 0.2) is 10.6 Å². The molecule has 3 rings (SSSR count). The van der Waals surface area contributed by atoms with Crippen LogP contribution in [-0.4, -0.2) is 46.2 Å². The Balaban J connectivity index is 1.74. The van der Waals surface area contributed by atoms with Crippen LogP contribution >= 0.6 is 23.8 Å². The molecule has 1 heterocycles. The van der Waals surface area contributed by atoms with Gasteiger partial charge in [-0.1, -0.05) is 53.6 Å². The highest BCUT2D eigenvalue weighted by Crippen LogP contribution is 2.25. The van der Waals surface area contributed by atoms with E-state index in [1.807, 2.05) is 74.4 Å². The van der Waals surface area contributed by atoms with Gasteiger partial charge >= 0.3 is 0 Å². The number of hydrogen-bond donors (Lipinski definition) is 2. The largest absolute Gasteiger partial charge is 0.353 e. The van der Waals surface area contributed by atoms with Crippen molar-refractivity contribution < 1.29 is 4.79 Å². The number of hydrogen-bond acceptors (Lipinski definition) is 4. The Labute approximate surface area is 180 Å². The molecule has 6 nitrogen and oxygen atoms in total. The number of amides is 1. The predicted octanol–water partition coefficient (Wildman–Crippen LogP) is 3.99. The number of nitrogens with one attached hydrogen (secondary N) is 2. The van der Waals surface area contributed by atoms with E-state index in [0.29, 0.717) is 22.2 Å². The van der Waals surface area contributed by atoms with E-state index in [2.05, 4.69) is 15.5 Å². The first kappa shape index (κ1) is 21.2. The fourth-order valence-electron chi connectivity index (χ4n) is 3.19. The molecule has 0 saturated carbocycles. The molecule has 0 saturated heterocycles. The third-order valence-electron chi connectivity index (χ3n) is 4.72. The molecule has 0 bridgehead atoms. The number of carbonyl (C=O) groups is 1. The second-order valence-corrected chi connectivity index (χ2v) is 7.91. The molecule has 1 aromatic heterocycles. The summed E-state index contributed by atoms with van der Waals surface area (Å²) in [6.07, 6.45) is 0. The summed E-state index contributed by atoms with van der Waals surface area (Å²) in [5.41, 5.74) is 2.99. The zero-order valence-electron chi connectivity index (χ0n) is 16.6. The van der Waals surface area contributed by atoms with Gasteiger partial charge in [0.2, 0.25) is 5.91 Å². The number of nitrogens with zero attached hydrogens (tertiary/aromatic N) is 3. The summed E-state index contributed by atoms with van der Waals surface area (Å²) in [6.45, 7) is 2.53. The average Bonchev–Trinajstić information content (AvgIpc) is 3.03. The van der Waals surface area contributed by atoms with Gasteiger partial charge in [-0.2, -0.15) is 5.10 Å². The number of benzene rings is 2. The van der Waals surface area contributed by atoms with Crippen LogP contribution in [0.3, 0.4) is 0 Å². The molecule has 1 atom stereocenters. The second-order valence-electron chi connectivity index (χ2n) is 7.11. The van der Waals surface area contributed by atoms with Gasteiger partial charge in [-0.15, -0.1) is 0 Å². The quantitative estimate of drug-likeness (QED) is 0.557. The van der Waals surface area contributed by atoms with Crippen molar-refractivity contribution in [2.45, 2.75) is 19.5 Å². The van der Waals surface area contributed by atoms with E-state index in [4.69, 9.17) is 23.8 Å². The molecule has 1 amide bonds. The summed E-state index contributed by atoms with van der Waals surface area (Å²) in [4.78, 5) is 14.7. The maximum Gasteiger partial charge on any atom is 0.240 e. The molecule has 0 radical (unpaired) electrons. The summed E-state index contributed by atoms with van der Waals surface area (Å²) in [5.74, 6) is 0.499. The maximum atomic E-state index is 12.7. The SMILES string of the molecule is Cc1cccc(-c2n[nH]c(=S)n2CC(=O)NCC(c2ccccc2Cl)N(C)C)c1. The van der Waals surface area contributed by atoms with Gasteiger partial charge in [-0.3, -0.25) is 14.5 Å². The molecule has 0 fully saturated rings. The smallest absolute Gasteiger partial charge is 0.240 e. The Hall–Kier alpha value is -2.48. The highest BCUT2D eigenvalue weighted by atomic mass is 35.5. The van der Waals surface area contributed by atoms with Gasteiger partial charge in [-0.05, 0) is 50.9 Å². The Bertz CT molecular complexity index is 1060. The first-order valence-corrected chi connectivity index (χ1v) is 10.0. The van der Waals surface area contributed by atoms with E-state index < -0.39 is 0 Å². The second kappa shape index (κ2) is 9.35. The lowest BCUT2D eigenvalue weighted by molar-refractivity contribution is -0.121. The van der Waals surface area contributed by atoms with Gasteiger partial charge in [0.25, 0.3) is 0 Å². The lowest BCUT2D eigenvalue weighted by Crippen LogP contribution is -2.36. The van der Waals surface area contributed by atoms with Gasteiger partial charge in [-0.25, -0.2) is 0 Å². The third-order valence-corrected chi connectivity index (χ3v) is 5.37. The van der Waals surface area contributed by atoms with Gasteiger partial charge in [0.1, 0.15) is 6.54 Å². The maximum absolute atomic E-state index is 12.7. The molecular weight excluding hydrogens is 406 g/mol. The highest BCUT2D eigenvalue weighted by molar-refractivity contribution is 7.71. The Morgan fingerprint density at radius 3 is 2.72 bits per heavy atom. The van der Waals surface area contributed by atoms with Crippen LogP contribution in [-0.2, 0) is 11.3 Å². The van der Waals surface area contributed by atoms with Crippen molar-refractivity contribution in [2.75, 3.05) is 20.6 Å². The Morgan fingerprint density at radius 2 is 2.03 bits per heavy atom. The van der Waals surface area contributed by atoms with Crippen LogP contribution in [0.2, 0.25) is 5.02 Å². The molecule has 0 spiro atoms. The van der Waals surface area contributed by atoms with Crippen molar-refractivity contribution in [3.63, 3.8) is 0 Å². The van der Waals surface area contributed by atoms with Crippen LogP contribution in [0.25, 0.3) is 11.4 Å². The van der Waals surface area contributed by atoms with Gasteiger partial charge < -0.3 is 10.2 Å². The standard InChI is InChI=1S/C21H24ClN5OS/c1-14-7-6-8-15(11-14)20-24-25-21(29)27(20)13-19(28)23-12-18(26(2)3)16-9-4-5-10-17(16)22/h4-11,18H,12-13H2,1-3H3,(H,23,28)(H,25,29). The number of rotatable bonds is 7. The predicted molar refractivity (Wildman–Crippen MR) is 118 cm³/mol.